The predicted octanol–water partition coefficient (Wildman–Crippen LogP) is 4.74. The molecule has 4 amide bonds. The second-order valence-electron chi connectivity index (χ2n) is 8.83. The van der Waals surface area contributed by atoms with Gasteiger partial charge in [0.1, 0.15) is 5.54 Å². The van der Waals surface area contributed by atoms with Crippen molar-refractivity contribution in [2.45, 2.75) is 12.5 Å². The molecule has 1 fully saturated rings. The summed E-state index contributed by atoms with van der Waals surface area (Å²) in [7, 11) is 0. The first-order valence-electron chi connectivity index (χ1n) is 11.5. The zero-order valence-electron chi connectivity index (χ0n) is 19.5. The Kier molecular flexibility index (Phi) is 5.82. The summed E-state index contributed by atoms with van der Waals surface area (Å²) < 4.78 is 0. The van der Waals surface area contributed by atoms with E-state index in [1.54, 1.807) is 55.5 Å². The summed E-state index contributed by atoms with van der Waals surface area (Å²) in [6.07, 6.45) is 0. The average molecular weight is 478 g/mol. The van der Waals surface area contributed by atoms with Crippen LogP contribution in [0, 0.1) is 0 Å². The van der Waals surface area contributed by atoms with Gasteiger partial charge in [-0.1, -0.05) is 54.6 Å². The van der Waals surface area contributed by atoms with Crippen molar-refractivity contribution in [3.8, 4) is 0 Å². The molecule has 4 aromatic carbocycles. The van der Waals surface area contributed by atoms with Crippen LogP contribution < -0.4 is 10.6 Å². The third-order valence-corrected chi connectivity index (χ3v) is 6.40. The van der Waals surface area contributed by atoms with Crippen LogP contribution in [0.2, 0.25) is 0 Å². The first-order chi connectivity index (χ1) is 17.3. The zero-order chi connectivity index (χ0) is 25.3. The number of carbonyl (C=O) groups excluding carboxylic acids is 4. The van der Waals surface area contributed by atoms with E-state index in [4.69, 9.17) is 0 Å². The summed E-state index contributed by atoms with van der Waals surface area (Å²) in [5.41, 5.74) is 0.748. The van der Waals surface area contributed by atoms with Crippen LogP contribution in [0.1, 0.15) is 33.2 Å². The number of fused-ring (bicyclic) bond motifs is 1. The van der Waals surface area contributed by atoms with Crippen molar-refractivity contribution in [1.82, 2.24) is 10.2 Å². The molecule has 5 rings (SSSR count). The third kappa shape index (κ3) is 4.22. The minimum Gasteiger partial charge on any atom is -0.322 e. The lowest BCUT2D eigenvalue weighted by Gasteiger charge is -2.22. The molecule has 36 heavy (non-hydrogen) atoms. The van der Waals surface area contributed by atoms with Gasteiger partial charge in [0, 0.05) is 16.8 Å². The van der Waals surface area contributed by atoms with E-state index < -0.39 is 17.5 Å². The highest BCUT2D eigenvalue weighted by atomic mass is 16.2. The van der Waals surface area contributed by atoms with Crippen molar-refractivity contribution in [3.05, 3.63) is 114 Å². The number of carbonyl (C=O) groups is 4. The first kappa shape index (κ1) is 23.0. The minimum atomic E-state index is -1.27. The maximum absolute atomic E-state index is 13.3. The quantitative estimate of drug-likeness (QED) is 0.310. The predicted molar refractivity (Wildman–Crippen MR) is 137 cm³/mol. The number of ketones is 1. The second-order valence-corrected chi connectivity index (χ2v) is 8.83. The zero-order valence-corrected chi connectivity index (χ0v) is 19.5. The van der Waals surface area contributed by atoms with Gasteiger partial charge in [-0.2, -0.15) is 0 Å². The number of benzene rings is 4. The minimum absolute atomic E-state index is 0.262. The van der Waals surface area contributed by atoms with Crippen LogP contribution in [0.15, 0.2) is 97.1 Å². The summed E-state index contributed by atoms with van der Waals surface area (Å²) in [6, 6.07) is 27.9. The fraction of sp³-hybridized carbons (Fsp3) is 0.103. The Morgan fingerprint density at radius 2 is 1.47 bits per heavy atom. The van der Waals surface area contributed by atoms with Crippen LogP contribution in [0.25, 0.3) is 10.8 Å². The molecular formula is C29H23N3O4. The van der Waals surface area contributed by atoms with Gasteiger partial charge >= 0.3 is 6.03 Å². The van der Waals surface area contributed by atoms with Crippen LogP contribution >= 0.6 is 0 Å². The molecule has 1 unspecified atom stereocenters. The maximum atomic E-state index is 13.3. The summed E-state index contributed by atoms with van der Waals surface area (Å²) >= 11 is 0. The number of anilines is 1. The molecule has 0 bridgehead atoms. The van der Waals surface area contributed by atoms with Gasteiger partial charge in [-0.3, -0.25) is 19.3 Å². The highest BCUT2D eigenvalue weighted by molar-refractivity contribution is 6.11. The van der Waals surface area contributed by atoms with Gasteiger partial charge in [-0.05, 0) is 65.7 Å². The second kappa shape index (κ2) is 9.11. The number of rotatable bonds is 6. The van der Waals surface area contributed by atoms with Crippen molar-refractivity contribution in [3.63, 3.8) is 0 Å². The highest BCUT2D eigenvalue weighted by Gasteiger charge is 2.49. The highest BCUT2D eigenvalue weighted by Crippen LogP contribution is 2.31. The van der Waals surface area contributed by atoms with Crippen molar-refractivity contribution >= 4 is 40.1 Å². The smallest absolute Gasteiger partial charge is 0.322 e. The number of hydrogen-bond acceptors (Lipinski definition) is 4. The number of hydrogen-bond donors (Lipinski definition) is 2. The topological polar surface area (TPSA) is 95.6 Å². The fourth-order valence-corrected chi connectivity index (χ4v) is 4.30. The first-order valence-corrected chi connectivity index (χ1v) is 11.5. The van der Waals surface area contributed by atoms with Gasteiger partial charge in [0.2, 0.25) is 0 Å². The van der Waals surface area contributed by atoms with Gasteiger partial charge in [-0.25, -0.2) is 4.79 Å². The number of amides is 4. The summed E-state index contributed by atoms with van der Waals surface area (Å²) in [5, 5.41) is 7.50. The molecule has 1 atom stereocenters. The molecule has 7 heteroatoms. The van der Waals surface area contributed by atoms with Gasteiger partial charge in [0.15, 0.2) is 5.78 Å². The molecule has 0 spiro atoms. The van der Waals surface area contributed by atoms with Crippen LogP contribution in [0.4, 0.5) is 10.5 Å². The van der Waals surface area contributed by atoms with Gasteiger partial charge in [-0.15, -0.1) is 0 Å². The normalized spacial score (nSPS) is 17.2. The van der Waals surface area contributed by atoms with Gasteiger partial charge in [0.25, 0.3) is 11.8 Å². The van der Waals surface area contributed by atoms with Crippen molar-refractivity contribution in [2.75, 3.05) is 11.9 Å². The molecule has 178 valence electrons. The van der Waals surface area contributed by atoms with Crippen LogP contribution in [-0.4, -0.2) is 35.1 Å². The molecule has 0 aromatic heterocycles. The lowest BCUT2D eigenvalue weighted by Crippen LogP contribution is -2.41. The van der Waals surface area contributed by atoms with Gasteiger partial charge < -0.3 is 10.6 Å². The molecule has 0 saturated carbocycles. The largest absolute Gasteiger partial charge is 0.325 e. The maximum Gasteiger partial charge on any atom is 0.325 e. The molecule has 0 aliphatic carbocycles. The molecular weight excluding hydrogens is 454 g/mol. The number of imide groups is 1. The number of urea groups is 1. The average Bonchev–Trinajstić information content (AvgIpc) is 3.13. The van der Waals surface area contributed by atoms with E-state index in [9.17, 15) is 19.2 Å². The molecule has 7 nitrogen and oxygen atoms in total. The molecule has 0 radical (unpaired) electrons. The molecule has 1 aliphatic rings. The lowest BCUT2D eigenvalue weighted by atomic mass is 9.90. The standard InChI is InChI=1S/C29H23N3O4/c1-29(23-14-11-19-7-5-6-10-22(19)17-23)27(35)32(28(36)31-29)18-25(33)20-12-15-24(16-13-20)30-26(34)21-8-3-2-4-9-21/h2-17H,18H2,1H3,(H,30,34)(H,31,36). The van der Waals surface area contributed by atoms with E-state index in [1.165, 1.54) is 0 Å². The lowest BCUT2D eigenvalue weighted by molar-refractivity contribution is -0.130. The molecule has 4 aromatic rings. The van der Waals surface area contributed by atoms with E-state index >= 15 is 0 Å². The van der Waals surface area contributed by atoms with E-state index in [0.29, 0.717) is 22.4 Å². The van der Waals surface area contributed by atoms with Crippen LogP contribution in [-0.2, 0) is 10.3 Å². The summed E-state index contributed by atoms with van der Waals surface area (Å²) in [5.74, 6) is -1.13. The van der Waals surface area contributed by atoms with Gasteiger partial charge in [0.05, 0.1) is 6.54 Å². The van der Waals surface area contributed by atoms with Crippen LogP contribution in [0.3, 0.4) is 0 Å². The Balaban J connectivity index is 1.29. The van der Waals surface area contributed by atoms with Crippen LogP contribution in [0.5, 0.6) is 0 Å². The monoisotopic (exact) mass is 477 g/mol. The SMILES string of the molecule is CC1(c2ccc3ccccc3c2)NC(=O)N(CC(=O)c2ccc(NC(=O)c3ccccc3)cc2)C1=O. The Morgan fingerprint density at radius 3 is 2.19 bits per heavy atom. The number of nitrogens with zero attached hydrogens (tertiary/aromatic N) is 1. The van der Waals surface area contributed by atoms with Crippen molar-refractivity contribution in [1.29, 1.82) is 0 Å². The third-order valence-electron chi connectivity index (χ3n) is 6.40. The Hall–Kier alpha value is -4.78. The number of Topliss-reactive ketones (excluding diaryl/α,β-unsaturated/α-hetero) is 1. The Bertz CT molecular complexity index is 1500. The van der Waals surface area contributed by atoms with Crippen molar-refractivity contribution in [2.24, 2.45) is 0 Å². The van der Waals surface area contributed by atoms with E-state index in [-0.39, 0.29) is 18.2 Å². The van der Waals surface area contributed by atoms with E-state index in [0.717, 1.165) is 15.7 Å². The molecule has 2 N–H and O–H groups in total. The summed E-state index contributed by atoms with van der Waals surface area (Å²) in [4.78, 5) is 52.2. The van der Waals surface area contributed by atoms with E-state index in [2.05, 4.69) is 10.6 Å². The van der Waals surface area contributed by atoms with Crippen molar-refractivity contribution < 1.29 is 19.2 Å². The number of nitrogens with one attached hydrogen (secondary N) is 2. The van der Waals surface area contributed by atoms with E-state index in [1.807, 2.05) is 48.5 Å². The molecule has 1 saturated heterocycles. The summed E-state index contributed by atoms with van der Waals surface area (Å²) in [6.45, 7) is 1.26. The Labute approximate surface area is 207 Å². The fourth-order valence-electron chi connectivity index (χ4n) is 4.30. The Morgan fingerprint density at radius 1 is 0.806 bits per heavy atom. The molecule has 1 aliphatic heterocycles. The molecule has 1 heterocycles.